The molecule has 2 fully saturated rings. The van der Waals surface area contributed by atoms with E-state index in [0.29, 0.717) is 31.6 Å². The van der Waals surface area contributed by atoms with Crippen LogP contribution in [-0.4, -0.2) is 47.1 Å². The van der Waals surface area contributed by atoms with Gasteiger partial charge < -0.3 is 10.4 Å². The Morgan fingerprint density at radius 1 is 1.12 bits per heavy atom. The second-order valence-electron chi connectivity index (χ2n) is 5.00. The molecule has 2 rings (SSSR count). The molecule has 5 heteroatoms. The second-order valence-corrected chi connectivity index (χ2v) is 5.00. The summed E-state index contributed by atoms with van der Waals surface area (Å²) < 4.78 is 0. The van der Waals surface area contributed by atoms with Crippen molar-refractivity contribution < 1.29 is 14.7 Å². The quantitative estimate of drug-likeness (QED) is 0.651. The third-order valence-electron chi connectivity index (χ3n) is 3.24. The zero-order valence-corrected chi connectivity index (χ0v) is 10.0. The second kappa shape index (κ2) is 5.49. The molecule has 2 N–H and O–H groups in total. The highest BCUT2D eigenvalue weighted by Gasteiger charge is 2.29. The third-order valence-corrected chi connectivity index (χ3v) is 3.24. The highest BCUT2D eigenvalue weighted by molar-refractivity contribution is 5.76. The molecule has 0 radical (unpaired) electrons. The van der Waals surface area contributed by atoms with E-state index in [1.165, 1.54) is 0 Å². The first-order chi connectivity index (χ1) is 8.15. The van der Waals surface area contributed by atoms with Crippen LogP contribution >= 0.6 is 0 Å². The number of rotatable bonds is 8. The van der Waals surface area contributed by atoms with Crippen LogP contribution < -0.4 is 5.32 Å². The van der Waals surface area contributed by atoms with Crippen molar-refractivity contribution in [3.8, 4) is 0 Å². The summed E-state index contributed by atoms with van der Waals surface area (Å²) in [5.41, 5.74) is 0. The van der Waals surface area contributed by atoms with E-state index < -0.39 is 5.97 Å². The first kappa shape index (κ1) is 12.4. The van der Waals surface area contributed by atoms with Crippen LogP contribution in [0.2, 0.25) is 0 Å². The Balaban J connectivity index is 1.65. The number of carboxylic acids is 1. The molecule has 0 spiro atoms. The van der Waals surface area contributed by atoms with E-state index in [1.54, 1.807) is 0 Å². The predicted molar refractivity (Wildman–Crippen MR) is 62.6 cm³/mol. The Bertz CT molecular complexity index is 298. The zero-order chi connectivity index (χ0) is 12.3. The van der Waals surface area contributed by atoms with Gasteiger partial charge in [-0.05, 0) is 25.7 Å². The maximum atomic E-state index is 11.5. The minimum absolute atomic E-state index is 0.105. The van der Waals surface area contributed by atoms with Gasteiger partial charge >= 0.3 is 5.97 Å². The highest BCUT2D eigenvalue weighted by atomic mass is 16.4. The number of aliphatic carboxylic acids is 1. The molecule has 2 aliphatic carbocycles. The van der Waals surface area contributed by atoms with Gasteiger partial charge in [-0.1, -0.05) is 0 Å². The number of carbonyl (C=O) groups is 2. The molecule has 17 heavy (non-hydrogen) atoms. The van der Waals surface area contributed by atoms with E-state index in [1.807, 2.05) is 0 Å². The van der Waals surface area contributed by atoms with Crippen molar-refractivity contribution in [3.05, 3.63) is 0 Å². The SMILES string of the molecule is O=C(O)CCN(CCC(=O)NC1CC1)C1CC1. The predicted octanol–water partition coefficient (Wildman–Crippen LogP) is 0.594. The van der Waals surface area contributed by atoms with E-state index in [2.05, 4.69) is 10.2 Å². The van der Waals surface area contributed by atoms with E-state index in [-0.39, 0.29) is 12.3 Å². The van der Waals surface area contributed by atoms with Gasteiger partial charge in [-0.2, -0.15) is 0 Å². The molecule has 2 saturated carbocycles. The average molecular weight is 240 g/mol. The lowest BCUT2D eigenvalue weighted by molar-refractivity contribution is -0.137. The molecule has 0 aromatic heterocycles. The molecule has 5 nitrogen and oxygen atoms in total. The monoisotopic (exact) mass is 240 g/mol. The summed E-state index contributed by atoms with van der Waals surface area (Å²) >= 11 is 0. The molecule has 0 aliphatic heterocycles. The number of hydrogen-bond donors (Lipinski definition) is 2. The Morgan fingerprint density at radius 3 is 2.29 bits per heavy atom. The molecule has 0 aromatic carbocycles. The topological polar surface area (TPSA) is 69.6 Å². The molecule has 1 amide bonds. The van der Waals surface area contributed by atoms with Gasteiger partial charge in [-0.3, -0.25) is 14.5 Å². The summed E-state index contributed by atoms with van der Waals surface area (Å²) in [7, 11) is 0. The summed E-state index contributed by atoms with van der Waals surface area (Å²) in [4.78, 5) is 24.2. The van der Waals surface area contributed by atoms with Gasteiger partial charge in [0.15, 0.2) is 0 Å². The Labute approximate surface area is 101 Å². The number of nitrogens with one attached hydrogen (secondary N) is 1. The molecule has 0 saturated heterocycles. The van der Waals surface area contributed by atoms with Gasteiger partial charge in [-0.15, -0.1) is 0 Å². The maximum Gasteiger partial charge on any atom is 0.304 e. The number of carbonyl (C=O) groups excluding carboxylic acids is 1. The average Bonchev–Trinajstić information content (AvgIpc) is 3.10. The van der Waals surface area contributed by atoms with Crippen LogP contribution in [0.5, 0.6) is 0 Å². The van der Waals surface area contributed by atoms with E-state index in [4.69, 9.17) is 5.11 Å². The smallest absolute Gasteiger partial charge is 0.304 e. The molecular weight excluding hydrogens is 220 g/mol. The maximum absolute atomic E-state index is 11.5. The van der Waals surface area contributed by atoms with Gasteiger partial charge in [0.1, 0.15) is 0 Å². The zero-order valence-electron chi connectivity index (χ0n) is 10.0. The summed E-state index contributed by atoms with van der Waals surface area (Å²) in [5.74, 6) is -0.661. The fourth-order valence-electron chi connectivity index (χ4n) is 1.93. The van der Waals surface area contributed by atoms with Crippen LogP contribution in [0.15, 0.2) is 0 Å². The normalized spacial score (nSPS) is 19.4. The molecule has 0 heterocycles. The van der Waals surface area contributed by atoms with Crippen molar-refractivity contribution in [3.63, 3.8) is 0 Å². The standard InChI is InChI=1S/C12H20N2O3/c15-11(13-9-1-2-9)5-7-14(10-3-4-10)8-6-12(16)17/h9-10H,1-8H2,(H,13,15)(H,16,17). The van der Waals surface area contributed by atoms with Gasteiger partial charge in [0.2, 0.25) is 5.91 Å². The molecule has 0 bridgehead atoms. The van der Waals surface area contributed by atoms with Crippen molar-refractivity contribution in [2.75, 3.05) is 13.1 Å². The van der Waals surface area contributed by atoms with Gasteiger partial charge in [-0.25, -0.2) is 0 Å². The minimum Gasteiger partial charge on any atom is -0.481 e. The van der Waals surface area contributed by atoms with Crippen LogP contribution in [0.4, 0.5) is 0 Å². The fourth-order valence-corrected chi connectivity index (χ4v) is 1.93. The lowest BCUT2D eigenvalue weighted by Crippen LogP contribution is -2.34. The number of nitrogens with zero attached hydrogens (tertiary/aromatic N) is 1. The van der Waals surface area contributed by atoms with Crippen LogP contribution in [0.1, 0.15) is 38.5 Å². The van der Waals surface area contributed by atoms with Gasteiger partial charge in [0.25, 0.3) is 0 Å². The van der Waals surface area contributed by atoms with Crippen molar-refractivity contribution in [2.24, 2.45) is 0 Å². The summed E-state index contributed by atoms with van der Waals surface area (Å²) in [5, 5.41) is 11.6. The Morgan fingerprint density at radius 2 is 1.76 bits per heavy atom. The molecule has 2 aliphatic rings. The first-order valence-electron chi connectivity index (χ1n) is 6.40. The fraction of sp³-hybridized carbons (Fsp3) is 0.833. The first-order valence-corrected chi connectivity index (χ1v) is 6.40. The molecule has 0 aromatic rings. The lowest BCUT2D eigenvalue weighted by atomic mass is 10.3. The van der Waals surface area contributed by atoms with Crippen LogP contribution in [0, 0.1) is 0 Å². The Kier molecular flexibility index (Phi) is 3.99. The minimum atomic E-state index is -0.766. The van der Waals surface area contributed by atoms with E-state index in [9.17, 15) is 9.59 Å². The Hall–Kier alpha value is -1.10. The van der Waals surface area contributed by atoms with Crippen molar-refractivity contribution in [2.45, 2.75) is 50.6 Å². The van der Waals surface area contributed by atoms with Crippen molar-refractivity contribution in [1.29, 1.82) is 0 Å². The van der Waals surface area contributed by atoms with Crippen LogP contribution in [0.25, 0.3) is 0 Å². The van der Waals surface area contributed by atoms with E-state index in [0.717, 1.165) is 25.7 Å². The largest absolute Gasteiger partial charge is 0.481 e. The summed E-state index contributed by atoms with van der Waals surface area (Å²) in [6.45, 7) is 1.26. The van der Waals surface area contributed by atoms with E-state index >= 15 is 0 Å². The van der Waals surface area contributed by atoms with Crippen molar-refractivity contribution >= 4 is 11.9 Å². The number of hydrogen-bond acceptors (Lipinski definition) is 3. The number of amides is 1. The molecule has 0 atom stereocenters. The van der Waals surface area contributed by atoms with Gasteiger partial charge in [0.05, 0.1) is 6.42 Å². The summed E-state index contributed by atoms with van der Waals surface area (Å²) in [6.07, 6.45) is 5.16. The van der Waals surface area contributed by atoms with Crippen LogP contribution in [0.3, 0.4) is 0 Å². The molecular formula is C12H20N2O3. The molecule has 0 unspecified atom stereocenters. The lowest BCUT2D eigenvalue weighted by Gasteiger charge is -2.20. The third kappa shape index (κ3) is 4.73. The van der Waals surface area contributed by atoms with Crippen LogP contribution in [-0.2, 0) is 9.59 Å². The van der Waals surface area contributed by atoms with Gasteiger partial charge in [0, 0.05) is 31.6 Å². The summed E-state index contributed by atoms with van der Waals surface area (Å²) in [6, 6.07) is 0.930. The number of carboxylic acid groups (broad SMARTS) is 1. The molecule has 96 valence electrons. The highest BCUT2D eigenvalue weighted by Crippen LogP contribution is 2.27. The van der Waals surface area contributed by atoms with Crippen molar-refractivity contribution in [1.82, 2.24) is 10.2 Å².